The van der Waals surface area contributed by atoms with E-state index in [1.165, 1.54) is 16.1 Å². The highest BCUT2D eigenvalue weighted by molar-refractivity contribution is 14.0. The number of para-hydroxylation sites is 1. The van der Waals surface area contributed by atoms with Crippen LogP contribution in [0.2, 0.25) is 0 Å². The van der Waals surface area contributed by atoms with Crippen molar-refractivity contribution in [3.05, 3.63) is 45.9 Å². The molecule has 138 valence electrons. The fraction of sp³-hybridized carbons (Fsp3) is 0.444. The second-order valence-corrected chi connectivity index (χ2v) is 6.90. The van der Waals surface area contributed by atoms with Crippen LogP contribution in [-0.2, 0) is 6.54 Å². The topological polar surface area (TPSA) is 52.5 Å². The second-order valence-electron chi connectivity index (χ2n) is 5.58. The molecule has 0 aliphatic heterocycles. The molecule has 1 aromatic heterocycles. The lowest BCUT2D eigenvalue weighted by Crippen LogP contribution is -2.41. The zero-order valence-corrected chi connectivity index (χ0v) is 18.5. The molecule has 2 aromatic rings. The van der Waals surface area contributed by atoms with Crippen molar-refractivity contribution in [1.82, 2.24) is 15.6 Å². The molecule has 0 atom stereocenters. The molecular formula is C18H28IN5S. The van der Waals surface area contributed by atoms with Crippen LogP contribution >= 0.6 is 35.3 Å². The number of rotatable bonds is 7. The van der Waals surface area contributed by atoms with E-state index >= 15 is 0 Å². The van der Waals surface area contributed by atoms with E-state index in [4.69, 9.17) is 0 Å². The first kappa shape index (κ1) is 21.7. The maximum atomic E-state index is 4.36. The summed E-state index contributed by atoms with van der Waals surface area (Å²) in [5.41, 5.74) is 2.60. The maximum absolute atomic E-state index is 4.36. The van der Waals surface area contributed by atoms with Gasteiger partial charge < -0.3 is 15.5 Å². The highest BCUT2D eigenvalue weighted by Gasteiger charge is 2.07. The lowest BCUT2D eigenvalue weighted by Gasteiger charge is -2.25. The molecule has 1 heterocycles. The van der Waals surface area contributed by atoms with E-state index in [1.54, 1.807) is 18.4 Å². The summed E-state index contributed by atoms with van der Waals surface area (Å²) in [7, 11) is 1.79. The molecule has 0 saturated carbocycles. The van der Waals surface area contributed by atoms with E-state index in [-0.39, 0.29) is 24.0 Å². The number of nitrogens with zero attached hydrogens (tertiary/aromatic N) is 3. The molecule has 0 fully saturated rings. The van der Waals surface area contributed by atoms with Crippen LogP contribution in [0.4, 0.5) is 5.69 Å². The zero-order chi connectivity index (χ0) is 17.4. The highest BCUT2D eigenvalue weighted by Crippen LogP contribution is 2.18. The Labute approximate surface area is 172 Å². The van der Waals surface area contributed by atoms with Crippen molar-refractivity contribution >= 4 is 47.0 Å². The van der Waals surface area contributed by atoms with Gasteiger partial charge in [0, 0.05) is 43.4 Å². The number of thiazole rings is 1. The number of guanidine groups is 1. The van der Waals surface area contributed by atoms with Crippen LogP contribution < -0.4 is 15.5 Å². The largest absolute Gasteiger partial charge is 0.370 e. The van der Waals surface area contributed by atoms with Crippen LogP contribution in [0.5, 0.6) is 0 Å². The molecule has 0 saturated heterocycles. The van der Waals surface area contributed by atoms with Gasteiger partial charge >= 0.3 is 0 Å². The predicted molar refractivity (Wildman–Crippen MR) is 120 cm³/mol. The fourth-order valence-corrected chi connectivity index (χ4v) is 3.27. The molecule has 0 spiro atoms. The van der Waals surface area contributed by atoms with E-state index < -0.39 is 0 Å². The molecule has 0 radical (unpaired) electrons. The van der Waals surface area contributed by atoms with Crippen LogP contribution in [0.15, 0.2) is 35.5 Å². The van der Waals surface area contributed by atoms with Crippen LogP contribution in [-0.4, -0.2) is 37.6 Å². The first-order valence-corrected chi connectivity index (χ1v) is 9.12. The molecule has 0 aliphatic carbocycles. The molecule has 5 nitrogen and oxygen atoms in total. The molecule has 0 amide bonds. The SMILES string of the molecule is CCN(CCNC(=NC)NCc1ncc(C)s1)c1ccccc1C.I. The minimum atomic E-state index is 0. The summed E-state index contributed by atoms with van der Waals surface area (Å²) < 4.78 is 0. The standard InChI is InChI=1S/C18H27N5S.HI/c1-5-23(16-9-7-6-8-14(16)2)11-10-20-18(19-4)22-13-17-21-12-15(3)24-17;/h6-9,12H,5,10-11,13H2,1-4H3,(H2,19,20,22);1H. The molecule has 2 N–H and O–H groups in total. The quantitative estimate of drug-likeness (QED) is 0.367. The predicted octanol–water partition coefficient (Wildman–Crippen LogP) is 3.57. The van der Waals surface area contributed by atoms with Gasteiger partial charge in [-0.05, 0) is 32.4 Å². The summed E-state index contributed by atoms with van der Waals surface area (Å²) in [6.07, 6.45) is 1.90. The number of nitrogens with one attached hydrogen (secondary N) is 2. The molecule has 0 unspecified atom stereocenters. The van der Waals surface area contributed by atoms with Crippen molar-refractivity contribution in [3.8, 4) is 0 Å². The Balaban J connectivity index is 0.00000312. The molecule has 0 aliphatic rings. The fourth-order valence-electron chi connectivity index (χ4n) is 2.54. The number of aryl methyl sites for hydroxylation is 2. The summed E-state index contributed by atoms with van der Waals surface area (Å²) in [6.45, 7) is 9.85. The number of benzene rings is 1. The number of halogens is 1. The Morgan fingerprint density at radius 1 is 1.24 bits per heavy atom. The highest BCUT2D eigenvalue weighted by atomic mass is 127. The van der Waals surface area contributed by atoms with Crippen LogP contribution in [0.25, 0.3) is 0 Å². The summed E-state index contributed by atoms with van der Waals surface area (Å²) in [4.78, 5) is 12.2. The third-order valence-corrected chi connectivity index (χ3v) is 4.72. The summed E-state index contributed by atoms with van der Waals surface area (Å²) in [5, 5.41) is 7.76. The van der Waals surface area contributed by atoms with Crippen molar-refractivity contribution in [2.45, 2.75) is 27.3 Å². The summed E-state index contributed by atoms with van der Waals surface area (Å²) >= 11 is 1.71. The average molecular weight is 473 g/mol. The zero-order valence-electron chi connectivity index (χ0n) is 15.4. The maximum Gasteiger partial charge on any atom is 0.191 e. The second kappa shape index (κ2) is 11.3. The Hall–Kier alpha value is -1.35. The van der Waals surface area contributed by atoms with Crippen LogP contribution in [0.1, 0.15) is 22.4 Å². The van der Waals surface area contributed by atoms with Gasteiger partial charge in [0.15, 0.2) is 5.96 Å². The first-order valence-electron chi connectivity index (χ1n) is 8.30. The third-order valence-electron chi connectivity index (χ3n) is 3.81. The van der Waals surface area contributed by atoms with Crippen molar-refractivity contribution in [2.75, 3.05) is 31.6 Å². The molecular weight excluding hydrogens is 445 g/mol. The van der Waals surface area contributed by atoms with E-state index in [2.05, 4.69) is 70.5 Å². The lowest BCUT2D eigenvalue weighted by atomic mass is 10.2. The molecule has 1 aromatic carbocycles. The van der Waals surface area contributed by atoms with Crippen molar-refractivity contribution in [1.29, 1.82) is 0 Å². The van der Waals surface area contributed by atoms with Gasteiger partial charge in [-0.15, -0.1) is 35.3 Å². The number of likely N-dealkylation sites (N-methyl/N-ethyl adjacent to an activating group) is 1. The van der Waals surface area contributed by atoms with Gasteiger partial charge in [0.25, 0.3) is 0 Å². The van der Waals surface area contributed by atoms with E-state index in [0.717, 1.165) is 30.6 Å². The molecule has 2 rings (SSSR count). The number of hydrogen-bond donors (Lipinski definition) is 2. The van der Waals surface area contributed by atoms with E-state index in [1.807, 2.05) is 6.20 Å². The Morgan fingerprint density at radius 2 is 2.00 bits per heavy atom. The van der Waals surface area contributed by atoms with Crippen LogP contribution in [0.3, 0.4) is 0 Å². The van der Waals surface area contributed by atoms with Gasteiger partial charge in [0.2, 0.25) is 0 Å². The van der Waals surface area contributed by atoms with E-state index in [9.17, 15) is 0 Å². The van der Waals surface area contributed by atoms with Crippen molar-refractivity contribution < 1.29 is 0 Å². The smallest absolute Gasteiger partial charge is 0.191 e. The minimum Gasteiger partial charge on any atom is -0.370 e. The van der Waals surface area contributed by atoms with Crippen molar-refractivity contribution in [2.24, 2.45) is 4.99 Å². The number of aliphatic imine (C=N–C) groups is 1. The molecule has 7 heteroatoms. The van der Waals surface area contributed by atoms with E-state index in [0.29, 0.717) is 6.54 Å². The van der Waals surface area contributed by atoms with Gasteiger partial charge in [0.1, 0.15) is 5.01 Å². The summed E-state index contributed by atoms with van der Waals surface area (Å²) in [6, 6.07) is 8.50. The Kier molecular flexibility index (Phi) is 9.81. The Morgan fingerprint density at radius 3 is 2.60 bits per heavy atom. The molecule has 0 bridgehead atoms. The monoisotopic (exact) mass is 473 g/mol. The van der Waals surface area contributed by atoms with Gasteiger partial charge in [-0.2, -0.15) is 0 Å². The third kappa shape index (κ3) is 6.81. The number of anilines is 1. The van der Waals surface area contributed by atoms with Gasteiger partial charge in [-0.25, -0.2) is 4.98 Å². The minimum absolute atomic E-state index is 0. The van der Waals surface area contributed by atoms with Crippen molar-refractivity contribution in [3.63, 3.8) is 0 Å². The average Bonchev–Trinajstić information content (AvgIpc) is 3.01. The van der Waals surface area contributed by atoms with Gasteiger partial charge in [0.05, 0.1) is 6.54 Å². The Bertz CT molecular complexity index is 671. The lowest BCUT2D eigenvalue weighted by molar-refractivity contribution is 0.747. The van der Waals surface area contributed by atoms with Gasteiger partial charge in [-0.1, -0.05) is 18.2 Å². The number of aromatic nitrogens is 1. The summed E-state index contributed by atoms with van der Waals surface area (Å²) in [5.74, 6) is 0.809. The number of hydrogen-bond acceptors (Lipinski definition) is 4. The normalized spacial score (nSPS) is 11.0. The van der Waals surface area contributed by atoms with Gasteiger partial charge in [-0.3, -0.25) is 4.99 Å². The molecule has 25 heavy (non-hydrogen) atoms. The first-order chi connectivity index (χ1) is 11.6. The van der Waals surface area contributed by atoms with Crippen LogP contribution in [0, 0.1) is 13.8 Å².